The summed E-state index contributed by atoms with van der Waals surface area (Å²) in [6, 6.07) is 10.2. The van der Waals surface area contributed by atoms with Crippen molar-refractivity contribution in [3.8, 4) is 17.0 Å². The molecule has 1 unspecified atom stereocenters. The topological polar surface area (TPSA) is 85.2 Å². The van der Waals surface area contributed by atoms with Gasteiger partial charge in [-0.2, -0.15) is 0 Å². The summed E-state index contributed by atoms with van der Waals surface area (Å²) in [7, 11) is 0. The Morgan fingerprint density at radius 1 is 1.29 bits per heavy atom. The van der Waals surface area contributed by atoms with Crippen molar-refractivity contribution in [1.29, 1.82) is 0 Å². The van der Waals surface area contributed by atoms with Gasteiger partial charge in [0.05, 0.1) is 0 Å². The van der Waals surface area contributed by atoms with Crippen molar-refractivity contribution < 1.29 is 9.53 Å². The van der Waals surface area contributed by atoms with E-state index in [9.17, 15) is 4.79 Å². The summed E-state index contributed by atoms with van der Waals surface area (Å²) in [5.74, 6) is 0.708. The molecule has 2 aliphatic rings. The van der Waals surface area contributed by atoms with Crippen molar-refractivity contribution in [2.24, 2.45) is 0 Å². The van der Waals surface area contributed by atoms with Crippen molar-refractivity contribution in [3.63, 3.8) is 0 Å². The van der Waals surface area contributed by atoms with Gasteiger partial charge in [-0.1, -0.05) is 0 Å². The van der Waals surface area contributed by atoms with E-state index < -0.39 is 0 Å². The number of hydrogen-bond donors (Lipinski definition) is 1. The minimum absolute atomic E-state index is 0.0178. The number of pyridine rings is 2. The van der Waals surface area contributed by atoms with Crippen molar-refractivity contribution in [2.45, 2.75) is 51.7 Å². The van der Waals surface area contributed by atoms with Gasteiger partial charge in [0.1, 0.15) is 0 Å². The Morgan fingerprint density at radius 3 is 2.91 bits per heavy atom. The predicted octanol–water partition coefficient (Wildman–Crippen LogP) is 2.66. The molecule has 2 atom stereocenters. The van der Waals surface area contributed by atoms with Gasteiger partial charge in [0.15, 0.2) is 0 Å². The summed E-state index contributed by atoms with van der Waals surface area (Å²) in [5.41, 5.74) is 4.85. The summed E-state index contributed by atoms with van der Waals surface area (Å²) >= 11 is 2.47. The minimum atomic E-state index is -0.200. The molecule has 5 heterocycles. The van der Waals surface area contributed by atoms with Crippen molar-refractivity contribution in [3.05, 3.63) is 53.6 Å². The van der Waals surface area contributed by atoms with Gasteiger partial charge < -0.3 is 0 Å². The van der Waals surface area contributed by atoms with Gasteiger partial charge in [-0.05, 0) is 6.92 Å². The van der Waals surface area contributed by atoms with Crippen molar-refractivity contribution in [2.75, 3.05) is 19.6 Å². The number of amides is 2. The summed E-state index contributed by atoms with van der Waals surface area (Å²) in [5, 5.41) is 7.82. The van der Waals surface area contributed by atoms with Crippen molar-refractivity contribution >= 4 is 27.4 Å². The van der Waals surface area contributed by atoms with Crippen LogP contribution >= 0.6 is 0 Å². The molecule has 176 valence electrons. The zero-order valence-corrected chi connectivity index (χ0v) is 21.7. The van der Waals surface area contributed by atoms with Crippen LogP contribution in [0, 0.1) is 6.92 Å². The molecule has 3 aromatic rings. The number of ether oxygens (including phenoxy) is 1. The second-order valence-electron chi connectivity index (χ2n) is 9.18. The Kier molecular flexibility index (Phi) is 6.11. The first-order valence-corrected chi connectivity index (χ1v) is 12.7. The second kappa shape index (κ2) is 9.06. The number of hydrogen-bond acceptors (Lipinski definition) is 5. The van der Waals surface area contributed by atoms with Crippen LogP contribution in [-0.4, -0.2) is 67.2 Å². The molecule has 9 heteroatoms. The number of aryl methyl sites for hydroxylation is 2. The van der Waals surface area contributed by atoms with Crippen LogP contribution in [0.3, 0.4) is 0 Å². The molecule has 0 aliphatic carbocycles. The first-order valence-electron chi connectivity index (χ1n) is 11.8. The molecule has 2 aliphatic heterocycles. The van der Waals surface area contributed by atoms with E-state index >= 15 is 0 Å². The molecule has 1 N–H and O–H groups in total. The van der Waals surface area contributed by atoms with Crippen molar-refractivity contribution in [1.82, 2.24) is 30.0 Å². The average molecular weight is 520 g/mol. The van der Waals surface area contributed by atoms with Gasteiger partial charge in [0.25, 0.3) is 0 Å². The molecule has 34 heavy (non-hydrogen) atoms. The third-order valence-electron chi connectivity index (χ3n) is 6.85. The van der Waals surface area contributed by atoms with Crippen LogP contribution in [0.15, 0.2) is 36.5 Å². The zero-order chi connectivity index (χ0) is 23.9. The molecule has 8 nitrogen and oxygen atoms in total. The van der Waals surface area contributed by atoms with E-state index in [4.69, 9.17) is 9.84 Å². The summed E-state index contributed by atoms with van der Waals surface area (Å²) in [6.45, 7) is 8.95. The predicted molar refractivity (Wildman–Crippen MR) is 130 cm³/mol. The Labute approximate surface area is 208 Å². The van der Waals surface area contributed by atoms with Crippen LogP contribution in [0.25, 0.3) is 11.3 Å². The van der Waals surface area contributed by atoms with Gasteiger partial charge in [-0.15, -0.1) is 0 Å². The molecule has 2 amide bonds. The first-order chi connectivity index (χ1) is 16.4. The third kappa shape index (κ3) is 4.20. The van der Waals surface area contributed by atoms with Gasteiger partial charge in [-0.25, -0.2) is 0 Å². The molecular weight excluding hydrogens is 491 g/mol. The van der Waals surface area contributed by atoms with E-state index in [0.29, 0.717) is 12.3 Å². The summed E-state index contributed by atoms with van der Waals surface area (Å²) in [4.78, 5) is 23.5. The molecular formula is C25H29AsN6O2. The molecule has 0 aromatic carbocycles. The van der Waals surface area contributed by atoms with E-state index in [2.05, 4.69) is 42.9 Å². The summed E-state index contributed by atoms with van der Waals surface area (Å²) < 4.78 is 9.13. The number of carbonyl (C=O) groups excluding carboxylic acids is 1. The van der Waals surface area contributed by atoms with Crippen LogP contribution < -0.4 is 14.5 Å². The quantitative estimate of drug-likeness (QED) is 0.523. The number of nitrogens with zero attached hydrogens (tertiary/aromatic N) is 5. The second-order valence-corrected chi connectivity index (χ2v) is 10.1. The Hall–Kier alpha value is -2.86. The number of rotatable bonds is 5. The first kappa shape index (κ1) is 22.9. The normalized spacial score (nSPS) is 19.9. The SMILES string of the molecule is CCNC(=O)N1CC[C@@]2(CCn3nc(-c4cnc([As])c(OC(C)c5cccc(C)n5)c4)cc32)C1. The molecule has 1 saturated heterocycles. The van der Waals surface area contributed by atoms with Gasteiger partial charge in [0.2, 0.25) is 0 Å². The average Bonchev–Trinajstić information content (AvgIpc) is 3.52. The third-order valence-corrected chi connectivity index (χ3v) is 7.56. The number of likely N-dealkylation sites (tertiary alicyclic amines) is 1. The Balaban J connectivity index is 1.38. The number of nitrogens with one attached hydrogen (secondary N) is 1. The molecule has 2 radical (unpaired) electrons. The van der Waals surface area contributed by atoms with Gasteiger partial charge >= 0.3 is 195 Å². The molecule has 0 bridgehead atoms. The number of carbonyl (C=O) groups is 1. The van der Waals surface area contributed by atoms with Gasteiger partial charge in [-0.3, -0.25) is 0 Å². The van der Waals surface area contributed by atoms with E-state index in [1.807, 2.05) is 56.1 Å². The monoisotopic (exact) mass is 520 g/mol. The Bertz CT molecular complexity index is 1230. The van der Waals surface area contributed by atoms with Crippen LogP contribution in [-0.2, 0) is 12.0 Å². The fourth-order valence-corrected chi connectivity index (χ4v) is 5.40. The fourth-order valence-electron chi connectivity index (χ4n) is 5.03. The molecule has 0 saturated carbocycles. The maximum atomic E-state index is 12.4. The molecule has 1 spiro atoms. The van der Waals surface area contributed by atoms with E-state index in [-0.39, 0.29) is 17.6 Å². The van der Waals surface area contributed by atoms with Crippen LogP contribution in [0.2, 0.25) is 0 Å². The van der Waals surface area contributed by atoms with E-state index in [0.717, 1.165) is 59.6 Å². The fraction of sp³-hybridized carbons (Fsp3) is 0.440. The molecule has 5 rings (SSSR count). The number of aromatic nitrogens is 4. The maximum absolute atomic E-state index is 12.4. The van der Waals surface area contributed by atoms with E-state index in [1.54, 1.807) is 0 Å². The molecule has 1 fully saturated rings. The summed E-state index contributed by atoms with van der Waals surface area (Å²) in [6.07, 6.45) is 3.63. The van der Waals surface area contributed by atoms with Gasteiger partial charge in [0, 0.05) is 6.54 Å². The standard InChI is InChI=1S/C25H29AsN6O2/c1-4-27-24(33)31-10-8-25(15-31)9-11-32-22(25)13-20(30-32)18-12-21(23(26)28-14-18)34-17(3)19-7-5-6-16(2)29-19/h5-7,12-14,17H,4,8-11,15H2,1-3H3,(H,27,33)/t17?,25-/m1/s1. The number of urea groups is 1. The van der Waals surface area contributed by atoms with Crippen LogP contribution in [0.5, 0.6) is 5.75 Å². The Morgan fingerprint density at radius 2 is 2.12 bits per heavy atom. The van der Waals surface area contributed by atoms with Crippen LogP contribution in [0.1, 0.15) is 49.9 Å². The number of fused-ring (bicyclic) bond motifs is 2. The van der Waals surface area contributed by atoms with Crippen LogP contribution in [0.4, 0.5) is 4.79 Å². The zero-order valence-electron chi connectivity index (χ0n) is 19.8. The molecule has 3 aromatic heterocycles. The van der Waals surface area contributed by atoms with E-state index in [1.165, 1.54) is 5.69 Å².